The molecular weight excluding hydrogens is 445 g/mol. The second-order valence-corrected chi connectivity index (χ2v) is 9.41. The molecule has 2 aromatic carbocycles. The Bertz CT molecular complexity index is 1170. The van der Waals surface area contributed by atoms with Crippen molar-refractivity contribution in [3.05, 3.63) is 81.5 Å². The minimum atomic E-state index is -0.259. The predicted molar refractivity (Wildman–Crippen MR) is 132 cm³/mol. The number of nitrogens with one attached hydrogen (secondary N) is 1. The molecule has 32 heavy (non-hydrogen) atoms. The first-order valence-corrected chi connectivity index (χ1v) is 10.8. The van der Waals surface area contributed by atoms with Crippen LogP contribution < -0.4 is 10.2 Å². The molecule has 0 aliphatic heterocycles. The number of carbonyl (C=O) groups excluding carboxylic acids is 2. The standard InChI is InChI=1S/C25H25Cl2N3O2/c1-15(31)17-12-21(27)23(28-14-17)30(5)22-13-16(6-11-20(22)26)24(32)29-19-9-7-18(8-10-19)25(2,3)4/h6-14H,1-5H3,(H,29,32). The van der Waals surface area contributed by atoms with Gasteiger partial charge in [0.05, 0.1) is 15.7 Å². The van der Waals surface area contributed by atoms with E-state index in [0.717, 1.165) is 0 Å². The molecule has 0 aliphatic carbocycles. The molecule has 1 N–H and O–H groups in total. The van der Waals surface area contributed by atoms with Gasteiger partial charge in [-0.1, -0.05) is 56.1 Å². The van der Waals surface area contributed by atoms with Crippen molar-refractivity contribution < 1.29 is 9.59 Å². The summed E-state index contributed by atoms with van der Waals surface area (Å²) in [6.07, 6.45) is 1.46. The van der Waals surface area contributed by atoms with Crippen molar-refractivity contribution in [2.45, 2.75) is 33.1 Å². The van der Waals surface area contributed by atoms with Crippen LogP contribution in [0, 0.1) is 0 Å². The SMILES string of the molecule is CC(=O)c1cnc(N(C)c2cc(C(=O)Nc3ccc(C(C)(C)C)cc3)ccc2Cl)c(Cl)c1. The highest BCUT2D eigenvalue weighted by Gasteiger charge is 2.18. The molecule has 0 saturated carbocycles. The Labute approximate surface area is 198 Å². The maximum absolute atomic E-state index is 12.9. The molecule has 0 fully saturated rings. The van der Waals surface area contributed by atoms with Crippen LogP contribution in [0.5, 0.6) is 0 Å². The van der Waals surface area contributed by atoms with E-state index in [1.54, 1.807) is 36.2 Å². The molecule has 5 nitrogen and oxygen atoms in total. The molecule has 0 aliphatic rings. The Balaban J connectivity index is 1.85. The average Bonchev–Trinajstić information content (AvgIpc) is 2.73. The number of rotatable bonds is 5. The largest absolute Gasteiger partial charge is 0.327 e. The molecule has 7 heteroatoms. The van der Waals surface area contributed by atoms with Crippen LogP contribution in [-0.2, 0) is 5.41 Å². The lowest BCUT2D eigenvalue weighted by atomic mass is 9.87. The third-order valence-electron chi connectivity index (χ3n) is 5.12. The number of amides is 1. The molecule has 0 spiro atoms. The molecule has 1 amide bonds. The quantitative estimate of drug-likeness (QED) is 0.412. The second-order valence-electron chi connectivity index (χ2n) is 8.59. The Hall–Kier alpha value is -2.89. The number of hydrogen-bond donors (Lipinski definition) is 1. The van der Waals surface area contributed by atoms with Crippen LogP contribution in [0.1, 0.15) is 54.0 Å². The normalized spacial score (nSPS) is 11.2. The molecule has 3 rings (SSSR count). The number of carbonyl (C=O) groups is 2. The van der Waals surface area contributed by atoms with Crippen LogP contribution in [0.2, 0.25) is 10.0 Å². The third-order valence-corrected chi connectivity index (χ3v) is 5.72. The number of pyridine rings is 1. The number of halogens is 2. The fourth-order valence-corrected chi connectivity index (χ4v) is 3.69. The minimum Gasteiger partial charge on any atom is -0.327 e. The van der Waals surface area contributed by atoms with Gasteiger partial charge in [0, 0.05) is 30.1 Å². The molecule has 166 valence electrons. The number of hydrogen-bond acceptors (Lipinski definition) is 4. The van der Waals surface area contributed by atoms with Crippen molar-refractivity contribution >= 4 is 52.1 Å². The molecule has 0 unspecified atom stereocenters. The van der Waals surface area contributed by atoms with E-state index < -0.39 is 0 Å². The van der Waals surface area contributed by atoms with Gasteiger partial charge in [0.25, 0.3) is 5.91 Å². The summed E-state index contributed by atoms with van der Waals surface area (Å²) in [5, 5.41) is 3.66. The first kappa shape index (κ1) is 23.8. The van der Waals surface area contributed by atoms with Gasteiger partial charge in [-0.3, -0.25) is 9.59 Å². The van der Waals surface area contributed by atoms with E-state index in [1.807, 2.05) is 24.3 Å². The second kappa shape index (κ2) is 9.31. The van der Waals surface area contributed by atoms with Crippen molar-refractivity contribution in [2.24, 2.45) is 0 Å². The molecule has 0 radical (unpaired) electrons. The summed E-state index contributed by atoms with van der Waals surface area (Å²) in [5.41, 5.74) is 3.35. The minimum absolute atomic E-state index is 0.0378. The molecule has 3 aromatic rings. The van der Waals surface area contributed by atoms with E-state index in [9.17, 15) is 9.59 Å². The summed E-state index contributed by atoms with van der Waals surface area (Å²) in [6.45, 7) is 7.87. The first-order valence-electron chi connectivity index (χ1n) is 10.1. The average molecular weight is 470 g/mol. The van der Waals surface area contributed by atoms with Gasteiger partial charge in [-0.2, -0.15) is 0 Å². The van der Waals surface area contributed by atoms with E-state index >= 15 is 0 Å². The monoisotopic (exact) mass is 469 g/mol. The van der Waals surface area contributed by atoms with Crippen LogP contribution in [-0.4, -0.2) is 23.7 Å². The molecule has 0 atom stereocenters. The van der Waals surface area contributed by atoms with Crippen LogP contribution in [0.3, 0.4) is 0 Å². The van der Waals surface area contributed by atoms with Crippen molar-refractivity contribution in [3.8, 4) is 0 Å². The van der Waals surface area contributed by atoms with E-state index in [-0.39, 0.29) is 17.1 Å². The van der Waals surface area contributed by atoms with Gasteiger partial charge in [0.2, 0.25) is 0 Å². The number of anilines is 3. The topological polar surface area (TPSA) is 62.3 Å². The smallest absolute Gasteiger partial charge is 0.255 e. The molecule has 0 bridgehead atoms. The Morgan fingerprint density at radius 2 is 1.59 bits per heavy atom. The Kier molecular flexibility index (Phi) is 6.91. The van der Waals surface area contributed by atoms with Crippen molar-refractivity contribution in [1.82, 2.24) is 4.98 Å². The zero-order valence-corrected chi connectivity index (χ0v) is 20.2. The van der Waals surface area contributed by atoms with Crippen LogP contribution >= 0.6 is 23.2 Å². The van der Waals surface area contributed by atoms with Gasteiger partial charge >= 0.3 is 0 Å². The van der Waals surface area contributed by atoms with E-state index in [2.05, 4.69) is 31.1 Å². The summed E-state index contributed by atoms with van der Waals surface area (Å²) in [6, 6.07) is 14.4. The molecular formula is C25H25Cl2N3O2. The number of benzene rings is 2. The van der Waals surface area contributed by atoms with Gasteiger partial charge in [-0.25, -0.2) is 4.98 Å². The van der Waals surface area contributed by atoms with E-state index in [1.165, 1.54) is 18.7 Å². The van der Waals surface area contributed by atoms with Gasteiger partial charge in [0.15, 0.2) is 11.6 Å². The van der Waals surface area contributed by atoms with Crippen molar-refractivity contribution in [2.75, 3.05) is 17.3 Å². The number of ketones is 1. The van der Waals surface area contributed by atoms with E-state index in [4.69, 9.17) is 23.2 Å². The lowest BCUT2D eigenvalue weighted by Crippen LogP contribution is -2.16. The highest BCUT2D eigenvalue weighted by Crippen LogP contribution is 2.34. The summed E-state index contributed by atoms with van der Waals surface area (Å²) in [7, 11) is 1.75. The Morgan fingerprint density at radius 1 is 0.938 bits per heavy atom. The lowest BCUT2D eigenvalue weighted by Gasteiger charge is -2.22. The van der Waals surface area contributed by atoms with Gasteiger partial charge in [0.1, 0.15) is 0 Å². The maximum Gasteiger partial charge on any atom is 0.255 e. The zero-order valence-electron chi connectivity index (χ0n) is 18.7. The Morgan fingerprint density at radius 3 is 2.16 bits per heavy atom. The lowest BCUT2D eigenvalue weighted by molar-refractivity contribution is 0.101. The van der Waals surface area contributed by atoms with Crippen LogP contribution in [0.25, 0.3) is 0 Å². The summed E-state index contributed by atoms with van der Waals surface area (Å²) >= 11 is 12.7. The predicted octanol–water partition coefficient (Wildman–Crippen LogP) is 6.91. The van der Waals surface area contributed by atoms with Gasteiger partial charge in [-0.05, 0) is 54.3 Å². The zero-order chi connectivity index (χ0) is 23.6. The van der Waals surface area contributed by atoms with Crippen LogP contribution in [0.15, 0.2) is 54.7 Å². The maximum atomic E-state index is 12.9. The molecule has 1 heterocycles. The van der Waals surface area contributed by atoms with Crippen molar-refractivity contribution in [3.63, 3.8) is 0 Å². The fourth-order valence-electron chi connectivity index (χ4n) is 3.15. The number of nitrogens with zero attached hydrogens (tertiary/aromatic N) is 2. The van der Waals surface area contributed by atoms with E-state index in [0.29, 0.717) is 38.4 Å². The highest BCUT2D eigenvalue weighted by molar-refractivity contribution is 6.35. The molecule has 1 aromatic heterocycles. The fraction of sp³-hybridized carbons (Fsp3) is 0.240. The number of Topliss-reactive ketones (excluding diaryl/α,β-unsaturated/α-hetero) is 1. The van der Waals surface area contributed by atoms with Crippen molar-refractivity contribution in [1.29, 1.82) is 0 Å². The number of aromatic nitrogens is 1. The van der Waals surface area contributed by atoms with Gasteiger partial charge < -0.3 is 10.2 Å². The summed E-state index contributed by atoms with van der Waals surface area (Å²) < 4.78 is 0. The summed E-state index contributed by atoms with van der Waals surface area (Å²) in [4.78, 5) is 30.4. The van der Waals surface area contributed by atoms with Gasteiger partial charge in [-0.15, -0.1) is 0 Å². The van der Waals surface area contributed by atoms with Crippen LogP contribution in [0.4, 0.5) is 17.2 Å². The summed E-state index contributed by atoms with van der Waals surface area (Å²) in [5.74, 6) is 0.0422. The highest BCUT2D eigenvalue weighted by atomic mass is 35.5. The first-order chi connectivity index (χ1) is 15.0. The molecule has 0 saturated heterocycles. The third kappa shape index (κ3) is 5.29.